The van der Waals surface area contributed by atoms with Gasteiger partial charge in [0.2, 0.25) is 15.9 Å². The van der Waals surface area contributed by atoms with Crippen LogP contribution in [0.4, 0.5) is 5.69 Å². The maximum atomic E-state index is 12.6. The lowest BCUT2D eigenvalue weighted by molar-refractivity contribution is 0.102. The van der Waals surface area contributed by atoms with Crippen molar-refractivity contribution < 1.29 is 22.5 Å². The van der Waals surface area contributed by atoms with Crippen LogP contribution in [0.5, 0.6) is 5.75 Å². The molecule has 0 fully saturated rings. The van der Waals surface area contributed by atoms with Gasteiger partial charge in [-0.2, -0.15) is 4.98 Å². The van der Waals surface area contributed by atoms with Crippen LogP contribution >= 0.6 is 0 Å². The Hall–Kier alpha value is -3.24. The highest BCUT2D eigenvalue weighted by atomic mass is 32.2. The number of carbonyl (C=O) groups excluding carboxylic acids is 1. The molecular weight excluding hydrogens is 420 g/mol. The van der Waals surface area contributed by atoms with Gasteiger partial charge in [-0.1, -0.05) is 31.1 Å². The smallest absolute Gasteiger partial charge is 0.255 e. The molecule has 0 aliphatic heterocycles. The zero-order valence-electron chi connectivity index (χ0n) is 17.7. The molecule has 10 heteroatoms. The van der Waals surface area contributed by atoms with Crippen LogP contribution in [0, 0.1) is 0 Å². The van der Waals surface area contributed by atoms with E-state index in [1.165, 1.54) is 32.4 Å². The van der Waals surface area contributed by atoms with E-state index in [4.69, 9.17) is 9.26 Å². The van der Waals surface area contributed by atoms with Gasteiger partial charge in [0.1, 0.15) is 10.6 Å². The molecule has 164 valence electrons. The number of benzene rings is 2. The Morgan fingerprint density at radius 2 is 1.87 bits per heavy atom. The summed E-state index contributed by atoms with van der Waals surface area (Å²) in [6.45, 7) is 3.96. The van der Waals surface area contributed by atoms with Gasteiger partial charge in [0.25, 0.3) is 5.91 Å². The van der Waals surface area contributed by atoms with Crippen LogP contribution < -0.4 is 14.8 Å². The van der Waals surface area contributed by atoms with Crippen molar-refractivity contribution in [2.45, 2.75) is 31.1 Å². The third-order valence-corrected chi connectivity index (χ3v) is 5.97. The zero-order chi connectivity index (χ0) is 22.6. The summed E-state index contributed by atoms with van der Waals surface area (Å²) in [5, 5.41) is 6.73. The van der Waals surface area contributed by atoms with Crippen molar-refractivity contribution >= 4 is 21.6 Å². The number of anilines is 1. The van der Waals surface area contributed by atoms with E-state index in [0.717, 1.165) is 5.56 Å². The summed E-state index contributed by atoms with van der Waals surface area (Å²) in [5.41, 5.74) is 1.71. The van der Waals surface area contributed by atoms with Crippen molar-refractivity contribution in [3.8, 4) is 5.75 Å². The summed E-state index contributed by atoms with van der Waals surface area (Å²) in [5.74, 6) is 1.07. The van der Waals surface area contributed by atoms with Gasteiger partial charge >= 0.3 is 0 Å². The van der Waals surface area contributed by atoms with Gasteiger partial charge in [0, 0.05) is 23.6 Å². The quantitative estimate of drug-likeness (QED) is 0.547. The summed E-state index contributed by atoms with van der Waals surface area (Å²) in [6, 6.07) is 11.4. The van der Waals surface area contributed by atoms with Crippen molar-refractivity contribution in [2.24, 2.45) is 0 Å². The van der Waals surface area contributed by atoms with Gasteiger partial charge in [-0.05, 0) is 42.9 Å². The molecule has 0 aliphatic rings. The summed E-state index contributed by atoms with van der Waals surface area (Å²) in [7, 11) is -1.13. The molecule has 2 N–H and O–H groups in total. The molecule has 0 spiro atoms. The number of sulfonamides is 1. The monoisotopic (exact) mass is 444 g/mol. The zero-order valence-corrected chi connectivity index (χ0v) is 18.5. The Morgan fingerprint density at radius 3 is 2.45 bits per heavy atom. The van der Waals surface area contributed by atoms with Crippen LogP contribution in [-0.4, -0.2) is 38.6 Å². The van der Waals surface area contributed by atoms with Gasteiger partial charge in [-0.3, -0.25) is 4.79 Å². The molecule has 3 rings (SSSR count). The van der Waals surface area contributed by atoms with Crippen molar-refractivity contribution in [3.63, 3.8) is 0 Å². The van der Waals surface area contributed by atoms with Crippen LogP contribution in [0.15, 0.2) is 51.9 Å². The van der Waals surface area contributed by atoms with E-state index in [1.54, 1.807) is 12.1 Å². The van der Waals surface area contributed by atoms with Gasteiger partial charge in [0.05, 0.1) is 7.11 Å². The van der Waals surface area contributed by atoms with Crippen LogP contribution in [0.1, 0.15) is 47.4 Å². The fourth-order valence-corrected chi connectivity index (χ4v) is 3.72. The van der Waals surface area contributed by atoms with Crippen LogP contribution in [0.3, 0.4) is 0 Å². The van der Waals surface area contributed by atoms with E-state index >= 15 is 0 Å². The van der Waals surface area contributed by atoms with Gasteiger partial charge in [-0.25, -0.2) is 13.1 Å². The average molecular weight is 445 g/mol. The van der Waals surface area contributed by atoms with Gasteiger partial charge < -0.3 is 14.6 Å². The SMILES string of the molecule is CNS(=O)(=O)c1cc(C(=O)Nc2ccc(Cc3noc(C(C)C)n3)cc2)ccc1OC. The third-order valence-electron chi connectivity index (χ3n) is 4.54. The van der Waals surface area contributed by atoms with Crippen molar-refractivity contribution in [3.05, 3.63) is 65.3 Å². The molecule has 9 nitrogen and oxygen atoms in total. The molecule has 0 atom stereocenters. The molecule has 31 heavy (non-hydrogen) atoms. The fraction of sp³-hybridized carbons (Fsp3) is 0.286. The summed E-state index contributed by atoms with van der Waals surface area (Å²) >= 11 is 0. The minimum atomic E-state index is -3.78. The van der Waals surface area contributed by atoms with Crippen molar-refractivity contribution in [1.82, 2.24) is 14.9 Å². The Bertz CT molecular complexity index is 1170. The number of carbonyl (C=O) groups is 1. The predicted octanol–water partition coefficient (Wildman–Crippen LogP) is 2.95. The Labute approximate surface area is 180 Å². The lowest BCUT2D eigenvalue weighted by Gasteiger charge is -2.11. The first-order valence-corrected chi connectivity index (χ1v) is 11.1. The lowest BCUT2D eigenvalue weighted by atomic mass is 10.1. The third kappa shape index (κ3) is 5.28. The second-order valence-electron chi connectivity index (χ2n) is 7.10. The highest BCUT2D eigenvalue weighted by molar-refractivity contribution is 7.89. The molecular formula is C21H24N4O5S. The normalized spacial score (nSPS) is 11.5. The Kier molecular flexibility index (Phi) is 6.71. The van der Waals surface area contributed by atoms with Crippen LogP contribution in [0.2, 0.25) is 0 Å². The van der Waals surface area contributed by atoms with Gasteiger partial charge in [0.15, 0.2) is 5.82 Å². The molecule has 0 radical (unpaired) electrons. The number of nitrogens with one attached hydrogen (secondary N) is 2. The average Bonchev–Trinajstić information content (AvgIpc) is 3.23. The maximum absolute atomic E-state index is 12.6. The van der Waals surface area contributed by atoms with E-state index in [-0.39, 0.29) is 22.1 Å². The Morgan fingerprint density at radius 1 is 1.16 bits per heavy atom. The number of hydrogen-bond donors (Lipinski definition) is 2. The van der Waals surface area contributed by atoms with E-state index in [2.05, 4.69) is 20.2 Å². The molecule has 1 heterocycles. The van der Waals surface area contributed by atoms with Gasteiger partial charge in [-0.15, -0.1) is 0 Å². The number of nitrogens with zero attached hydrogens (tertiary/aromatic N) is 2. The number of ether oxygens (including phenoxy) is 1. The second kappa shape index (κ2) is 9.27. The number of rotatable bonds is 8. The molecule has 2 aromatic carbocycles. The predicted molar refractivity (Wildman–Crippen MR) is 115 cm³/mol. The first kappa shape index (κ1) is 22.4. The maximum Gasteiger partial charge on any atom is 0.255 e. The summed E-state index contributed by atoms with van der Waals surface area (Å²) in [4.78, 5) is 16.9. The fourth-order valence-electron chi connectivity index (χ4n) is 2.80. The highest BCUT2D eigenvalue weighted by Gasteiger charge is 2.20. The molecule has 1 amide bonds. The van der Waals surface area contributed by atoms with Crippen LogP contribution in [-0.2, 0) is 16.4 Å². The molecule has 1 aromatic heterocycles. The summed E-state index contributed by atoms with van der Waals surface area (Å²) in [6.07, 6.45) is 0.508. The topological polar surface area (TPSA) is 123 Å². The van der Waals surface area contributed by atoms with Crippen molar-refractivity contribution in [2.75, 3.05) is 19.5 Å². The molecule has 0 saturated heterocycles. The largest absolute Gasteiger partial charge is 0.495 e. The first-order valence-electron chi connectivity index (χ1n) is 9.58. The van der Waals surface area contributed by atoms with E-state index < -0.39 is 15.9 Å². The lowest BCUT2D eigenvalue weighted by Crippen LogP contribution is -2.20. The molecule has 3 aromatic rings. The van der Waals surface area contributed by atoms with E-state index in [9.17, 15) is 13.2 Å². The van der Waals surface area contributed by atoms with Crippen LogP contribution in [0.25, 0.3) is 0 Å². The molecule has 0 saturated carbocycles. The molecule has 0 aliphatic carbocycles. The standard InChI is InChI=1S/C21H24N4O5S/c1-13(2)21-24-19(25-30-21)11-14-5-8-16(9-6-14)23-20(26)15-7-10-17(29-4)18(12-15)31(27,28)22-3/h5-10,12-13,22H,11H2,1-4H3,(H,23,26). The number of hydrogen-bond acceptors (Lipinski definition) is 7. The second-order valence-corrected chi connectivity index (χ2v) is 8.96. The number of aromatic nitrogens is 2. The summed E-state index contributed by atoms with van der Waals surface area (Å²) < 4.78 is 36.9. The minimum Gasteiger partial charge on any atom is -0.495 e. The first-order chi connectivity index (χ1) is 14.7. The molecule has 0 bridgehead atoms. The van der Waals surface area contributed by atoms with Crippen molar-refractivity contribution in [1.29, 1.82) is 0 Å². The van der Waals surface area contributed by atoms with E-state index in [0.29, 0.717) is 23.8 Å². The number of methoxy groups -OCH3 is 1. The minimum absolute atomic E-state index is 0.110. The van der Waals surface area contributed by atoms with E-state index in [1.807, 2.05) is 26.0 Å². The number of amides is 1. The Balaban J connectivity index is 1.72. The highest BCUT2D eigenvalue weighted by Crippen LogP contribution is 2.25. The molecule has 0 unspecified atom stereocenters.